The highest BCUT2D eigenvalue weighted by Crippen LogP contribution is 2.41. The van der Waals surface area contributed by atoms with Crippen molar-refractivity contribution in [1.29, 1.82) is 0 Å². The minimum Gasteiger partial charge on any atom is -0.429 e. The summed E-state index contributed by atoms with van der Waals surface area (Å²) < 4.78 is 160. The van der Waals surface area contributed by atoms with Gasteiger partial charge in [0.05, 0.1) is 13.2 Å². The predicted molar refractivity (Wildman–Crippen MR) is 163 cm³/mol. The number of hydrogen-bond donors (Lipinski definition) is 1. The van der Waals surface area contributed by atoms with Gasteiger partial charge in [0.15, 0.2) is 11.6 Å². The van der Waals surface area contributed by atoms with Crippen LogP contribution in [0.4, 0.5) is 43.9 Å². The van der Waals surface area contributed by atoms with Gasteiger partial charge in [-0.05, 0) is 53.9 Å². The van der Waals surface area contributed by atoms with E-state index in [9.17, 15) is 40.2 Å². The van der Waals surface area contributed by atoms with E-state index in [1.807, 2.05) is 6.92 Å². The molecule has 1 heterocycles. The standard InChI is InChI=1S/C36H30F10O5/c1-3-4-5-12-33(2)18-48-35(47,49-19-33)22-7-10-24(27(38)16-22)20-6-9-25(26(37)13-20)21-14-29(40)32(30(41)15-21)34(42,43)50-23-8-11-31(28(39)17-23)51-36(44,45)46/h6-11,13-17,47H,3-5,12,18-19H2,1-2H3. The smallest absolute Gasteiger partial charge is 0.429 e. The van der Waals surface area contributed by atoms with Crippen LogP contribution in [0.2, 0.25) is 0 Å². The normalized spacial score (nSPS) is 19.6. The third-order valence-electron chi connectivity index (χ3n) is 8.25. The fourth-order valence-corrected chi connectivity index (χ4v) is 5.56. The number of hydrogen-bond acceptors (Lipinski definition) is 5. The highest BCUT2D eigenvalue weighted by molar-refractivity contribution is 5.72. The maximum atomic E-state index is 15.3. The molecule has 15 heteroatoms. The molecular formula is C36H30F10O5. The van der Waals surface area contributed by atoms with Crippen LogP contribution in [-0.2, 0) is 21.6 Å². The molecule has 0 amide bonds. The number of rotatable bonds is 11. The second-order valence-electron chi connectivity index (χ2n) is 12.4. The number of aliphatic hydroxyl groups is 1. The SMILES string of the molecule is CCCCCC1(C)COC(O)(c2ccc(-c3ccc(-c4cc(F)c(C(F)(F)Oc5ccc(OC(F)(F)F)c(F)c5)c(F)c4)c(F)c3)c(F)c2)OC1. The Hall–Kier alpha value is -4.34. The molecule has 1 N–H and O–H groups in total. The first-order chi connectivity index (χ1) is 23.8. The minimum absolute atomic E-state index is 0.0161. The Balaban J connectivity index is 1.33. The Morgan fingerprint density at radius 3 is 1.84 bits per heavy atom. The molecule has 0 saturated carbocycles. The van der Waals surface area contributed by atoms with Gasteiger partial charge in [0.25, 0.3) is 0 Å². The summed E-state index contributed by atoms with van der Waals surface area (Å²) in [5.74, 6) is -12.2. The summed E-state index contributed by atoms with van der Waals surface area (Å²) in [4.78, 5) is 0. The Kier molecular flexibility index (Phi) is 10.7. The van der Waals surface area contributed by atoms with E-state index >= 15 is 8.78 Å². The van der Waals surface area contributed by atoms with Crippen LogP contribution in [0.5, 0.6) is 11.5 Å². The first kappa shape index (κ1) is 37.9. The molecule has 0 atom stereocenters. The van der Waals surface area contributed by atoms with Crippen molar-refractivity contribution < 1.29 is 68.0 Å². The van der Waals surface area contributed by atoms with Gasteiger partial charge >= 0.3 is 18.4 Å². The Morgan fingerprint density at radius 1 is 0.686 bits per heavy atom. The molecule has 0 unspecified atom stereocenters. The van der Waals surface area contributed by atoms with Crippen LogP contribution in [0.15, 0.2) is 66.7 Å². The maximum absolute atomic E-state index is 15.3. The van der Waals surface area contributed by atoms with Crippen molar-refractivity contribution in [2.75, 3.05) is 13.2 Å². The molecule has 1 aliphatic heterocycles. The summed E-state index contributed by atoms with van der Waals surface area (Å²) in [6.07, 6.45) is -6.28. The Bertz CT molecular complexity index is 1860. The van der Waals surface area contributed by atoms with Gasteiger partial charge in [0.1, 0.15) is 34.6 Å². The second-order valence-corrected chi connectivity index (χ2v) is 12.4. The molecule has 0 spiro atoms. The van der Waals surface area contributed by atoms with Crippen LogP contribution in [0, 0.1) is 34.5 Å². The van der Waals surface area contributed by atoms with Gasteiger partial charge in [-0.3, -0.25) is 0 Å². The van der Waals surface area contributed by atoms with Gasteiger partial charge in [-0.25, -0.2) is 22.0 Å². The van der Waals surface area contributed by atoms with E-state index < -0.39 is 75.7 Å². The molecule has 0 aromatic heterocycles. The molecule has 0 aliphatic carbocycles. The molecule has 1 saturated heterocycles. The summed E-state index contributed by atoms with van der Waals surface area (Å²) in [6, 6.07) is 8.27. The lowest BCUT2D eigenvalue weighted by Crippen LogP contribution is -2.46. The van der Waals surface area contributed by atoms with Crippen LogP contribution < -0.4 is 9.47 Å². The molecule has 4 aromatic carbocycles. The van der Waals surface area contributed by atoms with E-state index in [-0.39, 0.29) is 41.4 Å². The van der Waals surface area contributed by atoms with Gasteiger partial charge < -0.3 is 24.1 Å². The monoisotopic (exact) mass is 732 g/mol. The summed E-state index contributed by atoms with van der Waals surface area (Å²) in [7, 11) is 0. The van der Waals surface area contributed by atoms with E-state index in [2.05, 4.69) is 16.4 Å². The Labute approximate surface area is 285 Å². The van der Waals surface area contributed by atoms with Crippen molar-refractivity contribution in [3.63, 3.8) is 0 Å². The molecule has 5 nitrogen and oxygen atoms in total. The highest BCUT2D eigenvalue weighted by atomic mass is 19.4. The molecule has 274 valence electrons. The van der Waals surface area contributed by atoms with E-state index in [1.54, 1.807) is 0 Å². The van der Waals surface area contributed by atoms with Gasteiger partial charge in [0.2, 0.25) is 0 Å². The summed E-state index contributed by atoms with van der Waals surface area (Å²) in [5, 5.41) is 10.9. The number of alkyl halides is 5. The quantitative estimate of drug-likeness (QED) is 0.123. The molecule has 0 radical (unpaired) electrons. The van der Waals surface area contributed by atoms with Gasteiger partial charge in [-0.2, -0.15) is 8.78 Å². The average molecular weight is 733 g/mol. The van der Waals surface area contributed by atoms with E-state index in [1.165, 1.54) is 18.2 Å². The van der Waals surface area contributed by atoms with Crippen LogP contribution >= 0.6 is 0 Å². The molecule has 5 rings (SSSR count). The average Bonchev–Trinajstić information content (AvgIpc) is 3.03. The maximum Gasteiger partial charge on any atom is 0.573 e. The number of ether oxygens (including phenoxy) is 4. The molecule has 51 heavy (non-hydrogen) atoms. The third kappa shape index (κ3) is 8.59. The second kappa shape index (κ2) is 14.4. The first-order valence-corrected chi connectivity index (χ1v) is 15.6. The van der Waals surface area contributed by atoms with Crippen molar-refractivity contribution >= 4 is 0 Å². The zero-order chi connectivity index (χ0) is 37.4. The largest absolute Gasteiger partial charge is 0.573 e. The van der Waals surface area contributed by atoms with Crippen LogP contribution in [-0.4, -0.2) is 24.7 Å². The van der Waals surface area contributed by atoms with E-state index in [0.717, 1.165) is 43.9 Å². The number of halogens is 10. The molecule has 1 fully saturated rings. The van der Waals surface area contributed by atoms with Crippen molar-refractivity contribution in [3.05, 3.63) is 107 Å². The Morgan fingerprint density at radius 2 is 1.27 bits per heavy atom. The van der Waals surface area contributed by atoms with Crippen LogP contribution in [0.1, 0.15) is 50.7 Å². The van der Waals surface area contributed by atoms with Gasteiger partial charge in [-0.1, -0.05) is 57.4 Å². The molecule has 1 aliphatic rings. The van der Waals surface area contributed by atoms with E-state index in [0.29, 0.717) is 24.3 Å². The zero-order valence-corrected chi connectivity index (χ0v) is 27.0. The van der Waals surface area contributed by atoms with Crippen molar-refractivity contribution in [2.45, 2.75) is 58.0 Å². The lowest BCUT2D eigenvalue weighted by molar-refractivity contribution is -0.415. The summed E-state index contributed by atoms with van der Waals surface area (Å²) in [5.41, 5.74) is -3.44. The lowest BCUT2D eigenvalue weighted by Gasteiger charge is -2.42. The number of benzene rings is 4. The highest BCUT2D eigenvalue weighted by Gasteiger charge is 2.44. The number of unbranched alkanes of at least 4 members (excludes halogenated alkanes) is 2. The van der Waals surface area contributed by atoms with Crippen molar-refractivity contribution in [3.8, 4) is 33.8 Å². The van der Waals surface area contributed by atoms with Gasteiger partial charge in [0, 0.05) is 28.2 Å². The van der Waals surface area contributed by atoms with E-state index in [4.69, 9.17) is 9.47 Å². The summed E-state index contributed by atoms with van der Waals surface area (Å²) >= 11 is 0. The topological polar surface area (TPSA) is 57.2 Å². The third-order valence-corrected chi connectivity index (χ3v) is 8.25. The fourth-order valence-electron chi connectivity index (χ4n) is 5.56. The predicted octanol–water partition coefficient (Wildman–Crippen LogP) is 10.5. The minimum atomic E-state index is -5.29. The molecule has 0 bridgehead atoms. The van der Waals surface area contributed by atoms with Crippen LogP contribution in [0.25, 0.3) is 22.3 Å². The molecule has 4 aromatic rings. The summed E-state index contributed by atoms with van der Waals surface area (Å²) in [6.45, 7) is 4.36. The fraction of sp³-hybridized carbons (Fsp3) is 0.333. The molecular weight excluding hydrogens is 702 g/mol. The first-order valence-electron chi connectivity index (χ1n) is 15.6. The van der Waals surface area contributed by atoms with Crippen molar-refractivity contribution in [2.24, 2.45) is 5.41 Å². The lowest BCUT2D eigenvalue weighted by atomic mass is 9.85. The zero-order valence-electron chi connectivity index (χ0n) is 27.0. The van der Waals surface area contributed by atoms with Crippen molar-refractivity contribution in [1.82, 2.24) is 0 Å². The van der Waals surface area contributed by atoms with Crippen LogP contribution in [0.3, 0.4) is 0 Å². The van der Waals surface area contributed by atoms with Gasteiger partial charge in [-0.15, -0.1) is 13.2 Å².